The molecule has 0 fully saturated rings. The van der Waals surface area contributed by atoms with E-state index in [-0.39, 0.29) is 0 Å². The molecule has 0 spiro atoms. The predicted molar refractivity (Wildman–Crippen MR) is 78.0 cm³/mol. The molecule has 0 aliphatic rings. The quantitative estimate of drug-likeness (QED) is 0.760. The van der Waals surface area contributed by atoms with Gasteiger partial charge in [-0.15, -0.1) is 0 Å². The Kier molecular flexibility index (Phi) is 3.04. The molecule has 6 heteroatoms. The van der Waals surface area contributed by atoms with Gasteiger partial charge in [0.1, 0.15) is 5.82 Å². The number of nitrogen functional groups attached to an aromatic ring is 1. The Labute approximate surface area is 116 Å². The molecule has 1 aromatic carbocycles. The van der Waals surface area contributed by atoms with Crippen molar-refractivity contribution in [3.05, 3.63) is 54.7 Å². The minimum atomic E-state index is 0.484. The monoisotopic (exact) mass is 266 g/mol. The summed E-state index contributed by atoms with van der Waals surface area (Å²) >= 11 is 0. The van der Waals surface area contributed by atoms with Gasteiger partial charge >= 0.3 is 0 Å². The molecule has 0 amide bonds. The third-order valence-corrected chi connectivity index (χ3v) is 2.94. The van der Waals surface area contributed by atoms with Crippen molar-refractivity contribution in [2.45, 2.75) is 6.92 Å². The molecule has 3 rings (SSSR count). The molecule has 0 aliphatic carbocycles. The third-order valence-electron chi connectivity index (χ3n) is 2.94. The van der Waals surface area contributed by atoms with Crippen molar-refractivity contribution in [2.75, 3.05) is 11.1 Å². The fourth-order valence-electron chi connectivity index (χ4n) is 1.77. The Morgan fingerprint density at radius 1 is 1.20 bits per heavy atom. The van der Waals surface area contributed by atoms with Crippen molar-refractivity contribution in [3.63, 3.8) is 0 Å². The lowest BCUT2D eigenvalue weighted by molar-refractivity contribution is 1.06. The zero-order chi connectivity index (χ0) is 13.9. The van der Waals surface area contributed by atoms with Gasteiger partial charge in [-0.2, -0.15) is 4.98 Å². The second-order valence-corrected chi connectivity index (χ2v) is 4.40. The molecular weight excluding hydrogens is 252 g/mol. The van der Waals surface area contributed by atoms with Gasteiger partial charge in [0.2, 0.25) is 5.95 Å². The molecule has 0 saturated carbocycles. The maximum absolute atomic E-state index is 5.76. The highest BCUT2D eigenvalue weighted by atomic mass is 15.1. The highest BCUT2D eigenvalue weighted by molar-refractivity contribution is 5.57. The molecule has 2 aromatic heterocycles. The first-order chi connectivity index (χ1) is 9.72. The molecule has 0 atom stereocenters. The van der Waals surface area contributed by atoms with Gasteiger partial charge in [0.05, 0.1) is 6.33 Å². The minimum Gasteiger partial charge on any atom is -0.383 e. The number of nitrogens with zero attached hydrogens (tertiary/aromatic N) is 4. The number of benzene rings is 1. The van der Waals surface area contributed by atoms with Gasteiger partial charge in [-0.25, -0.2) is 9.97 Å². The van der Waals surface area contributed by atoms with Crippen LogP contribution in [0.25, 0.3) is 5.69 Å². The Balaban J connectivity index is 1.79. The largest absolute Gasteiger partial charge is 0.383 e. The van der Waals surface area contributed by atoms with Crippen molar-refractivity contribution >= 4 is 17.5 Å². The Bertz CT molecular complexity index is 703. The molecule has 100 valence electrons. The van der Waals surface area contributed by atoms with Gasteiger partial charge in [-0.3, -0.25) is 0 Å². The topological polar surface area (TPSA) is 81.7 Å². The summed E-state index contributed by atoms with van der Waals surface area (Å²) in [5.41, 5.74) is 8.57. The highest BCUT2D eigenvalue weighted by Crippen LogP contribution is 2.17. The zero-order valence-corrected chi connectivity index (χ0v) is 11.0. The van der Waals surface area contributed by atoms with Crippen LogP contribution in [-0.4, -0.2) is 19.5 Å². The van der Waals surface area contributed by atoms with Gasteiger partial charge in [0.25, 0.3) is 0 Å². The minimum absolute atomic E-state index is 0.484. The molecule has 0 unspecified atom stereocenters. The first kappa shape index (κ1) is 12.2. The highest BCUT2D eigenvalue weighted by Gasteiger charge is 2.01. The SMILES string of the molecule is Cc1cnc(Nc2ccc(-n3ccnc3)cc2)nc1N. The van der Waals surface area contributed by atoms with E-state index >= 15 is 0 Å². The van der Waals surface area contributed by atoms with Crippen LogP contribution < -0.4 is 11.1 Å². The number of hydrogen-bond acceptors (Lipinski definition) is 5. The van der Waals surface area contributed by atoms with Crippen molar-refractivity contribution in [1.82, 2.24) is 19.5 Å². The van der Waals surface area contributed by atoms with E-state index in [2.05, 4.69) is 20.3 Å². The average Bonchev–Trinajstić information content (AvgIpc) is 2.98. The van der Waals surface area contributed by atoms with E-state index in [0.29, 0.717) is 11.8 Å². The smallest absolute Gasteiger partial charge is 0.229 e. The standard InChI is InChI=1S/C14H14N6/c1-10-8-17-14(19-13(10)15)18-11-2-4-12(5-3-11)20-7-6-16-9-20/h2-9H,1H3,(H3,15,17,18,19). The fraction of sp³-hybridized carbons (Fsp3) is 0.0714. The van der Waals surface area contributed by atoms with E-state index in [1.165, 1.54) is 0 Å². The number of aromatic nitrogens is 4. The molecule has 6 nitrogen and oxygen atoms in total. The van der Waals surface area contributed by atoms with E-state index in [4.69, 9.17) is 5.73 Å². The summed E-state index contributed by atoms with van der Waals surface area (Å²) in [4.78, 5) is 12.4. The van der Waals surface area contributed by atoms with E-state index in [0.717, 1.165) is 16.9 Å². The molecule has 20 heavy (non-hydrogen) atoms. The van der Waals surface area contributed by atoms with Gasteiger partial charge < -0.3 is 15.6 Å². The van der Waals surface area contributed by atoms with Gasteiger partial charge in [-0.1, -0.05) is 0 Å². The van der Waals surface area contributed by atoms with Crippen molar-refractivity contribution in [3.8, 4) is 5.69 Å². The Morgan fingerprint density at radius 2 is 2.00 bits per heavy atom. The maximum atomic E-state index is 5.76. The molecule has 0 saturated heterocycles. The maximum Gasteiger partial charge on any atom is 0.229 e. The van der Waals surface area contributed by atoms with Crippen LogP contribution in [0.3, 0.4) is 0 Å². The summed E-state index contributed by atoms with van der Waals surface area (Å²) in [6.45, 7) is 1.87. The van der Waals surface area contributed by atoms with E-state index in [1.54, 1.807) is 18.7 Å². The summed E-state index contributed by atoms with van der Waals surface area (Å²) in [6.07, 6.45) is 7.10. The van der Waals surface area contributed by atoms with Crippen molar-refractivity contribution in [1.29, 1.82) is 0 Å². The van der Waals surface area contributed by atoms with Crippen LogP contribution in [0.1, 0.15) is 5.56 Å². The molecule has 0 radical (unpaired) electrons. The Hall–Kier alpha value is -2.89. The molecule has 2 heterocycles. The van der Waals surface area contributed by atoms with Crippen LogP contribution >= 0.6 is 0 Å². The molecule has 0 bridgehead atoms. The van der Waals surface area contributed by atoms with E-state index < -0.39 is 0 Å². The second kappa shape index (κ2) is 5.00. The number of rotatable bonds is 3. The first-order valence-corrected chi connectivity index (χ1v) is 6.17. The third kappa shape index (κ3) is 2.44. The number of aryl methyl sites for hydroxylation is 1. The Morgan fingerprint density at radius 3 is 2.65 bits per heavy atom. The summed E-state index contributed by atoms with van der Waals surface area (Å²) in [7, 11) is 0. The summed E-state index contributed by atoms with van der Waals surface area (Å²) < 4.78 is 1.93. The molecular formula is C14H14N6. The lowest BCUT2D eigenvalue weighted by atomic mass is 10.3. The van der Waals surface area contributed by atoms with Crippen LogP contribution in [-0.2, 0) is 0 Å². The van der Waals surface area contributed by atoms with Crippen molar-refractivity contribution < 1.29 is 0 Å². The predicted octanol–water partition coefficient (Wildman–Crippen LogP) is 2.30. The molecule has 0 aliphatic heterocycles. The number of nitrogens with one attached hydrogen (secondary N) is 1. The second-order valence-electron chi connectivity index (χ2n) is 4.40. The lowest BCUT2D eigenvalue weighted by Gasteiger charge is -2.07. The van der Waals surface area contributed by atoms with E-state index in [1.807, 2.05) is 42.0 Å². The van der Waals surface area contributed by atoms with Gasteiger partial charge in [0.15, 0.2) is 0 Å². The summed E-state index contributed by atoms with van der Waals surface area (Å²) in [5.74, 6) is 0.973. The number of hydrogen-bond donors (Lipinski definition) is 2. The summed E-state index contributed by atoms with van der Waals surface area (Å²) in [5, 5.41) is 3.12. The normalized spacial score (nSPS) is 10.4. The first-order valence-electron chi connectivity index (χ1n) is 6.17. The van der Waals surface area contributed by atoms with Crippen molar-refractivity contribution in [2.24, 2.45) is 0 Å². The van der Waals surface area contributed by atoms with Crippen LogP contribution in [0.5, 0.6) is 0 Å². The van der Waals surface area contributed by atoms with Gasteiger partial charge in [-0.05, 0) is 31.2 Å². The van der Waals surface area contributed by atoms with E-state index in [9.17, 15) is 0 Å². The van der Waals surface area contributed by atoms with Crippen LogP contribution in [0.15, 0.2) is 49.2 Å². The van der Waals surface area contributed by atoms with Crippen LogP contribution in [0.4, 0.5) is 17.5 Å². The average molecular weight is 266 g/mol. The van der Waals surface area contributed by atoms with Gasteiger partial charge in [0, 0.05) is 35.5 Å². The molecule has 3 N–H and O–H groups in total. The number of anilines is 3. The number of imidazole rings is 1. The fourth-order valence-corrected chi connectivity index (χ4v) is 1.77. The number of nitrogens with two attached hydrogens (primary N) is 1. The summed E-state index contributed by atoms with van der Waals surface area (Å²) in [6, 6.07) is 7.88. The molecule has 3 aromatic rings. The lowest BCUT2D eigenvalue weighted by Crippen LogP contribution is -2.02. The zero-order valence-electron chi connectivity index (χ0n) is 11.0. The van der Waals surface area contributed by atoms with Crippen LogP contribution in [0, 0.1) is 6.92 Å². The van der Waals surface area contributed by atoms with Crippen LogP contribution in [0.2, 0.25) is 0 Å².